The minimum Gasteiger partial charge on any atom is -0.460 e. The first kappa shape index (κ1) is 24.2. The van der Waals surface area contributed by atoms with Crippen molar-refractivity contribution in [2.45, 2.75) is 58.8 Å². The van der Waals surface area contributed by atoms with E-state index in [2.05, 4.69) is 12.2 Å². The fourth-order valence-electron chi connectivity index (χ4n) is 3.59. The molecule has 0 fully saturated rings. The number of anilines is 1. The number of benzene rings is 2. The molecule has 6 nitrogen and oxygen atoms in total. The van der Waals surface area contributed by atoms with E-state index >= 15 is 0 Å². The van der Waals surface area contributed by atoms with Crippen molar-refractivity contribution in [3.05, 3.63) is 75.6 Å². The lowest BCUT2D eigenvalue weighted by molar-refractivity contribution is 0.0469. The minimum absolute atomic E-state index is 0.144. The standard InChI is InChI=1S/C27H31NO5/c1-3-5-6-7-8-10-19-13-15-20(16-14-19)26(30)28-22-12-9-11-21-23(29)18-24(33-25(21)22)27(31)32-17-4-2/h9,11-16,18H,3-8,10,17H2,1-2H3,(H,28,30). The average molecular weight is 450 g/mol. The molecule has 1 amide bonds. The van der Waals surface area contributed by atoms with Crippen LogP contribution in [-0.2, 0) is 11.2 Å². The summed E-state index contributed by atoms with van der Waals surface area (Å²) in [6.07, 6.45) is 7.78. The Kier molecular flexibility index (Phi) is 8.81. The van der Waals surface area contributed by atoms with E-state index in [4.69, 9.17) is 9.15 Å². The van der Waals surface area contributed by atoms with Crippen molar-refractivity contribution in [3.63, 3.8) is 0 Å². The molecular weight excluding hydrogens is 418 g/mol. The molecule has 1 aromatic heterocycles. The topological polar surface area (TPSA) is 85.6 Å². The molecule has 0 radical (unpaired) electrons. The van der Waals surface area contributed by atoms with Gasteiger partial charge in [0.05, 0.1) is 17.7 Å². The molecule has 0 bridgehead atoms. The number of carbonyl (C=O) groups is 2. The number of esters is 1. The SMILES string of the molecule is CCCCCCCc1ccc(C(=O)Nc2cccc3c(=O)cc(C(=O)OCCC)oc23)cc1. The van der Waals surface area contributed by atoms with Crippen LogP contribution in [0.15, 0.2) is 57.7 Å². The van der Waals surface area contributed by atoms with Gasteiger partial charge in [-0.25, -0.2) is 4.79 Å². The normalized spacial score (nSPS) is 10.8. The van der Waals surface area contributed by atoms with Gasteiger partial charge in [0.2, 0.25) is 5.76 Å². The first-order valence-corrected chi connectivity index (χ1v) is 11.7. The summed E-state index contributed by atoms with van der Waals surface area (Å²) in [6.45, 7) is 4.31. The number of hydrogen-bond acceptors (Lipinski definition) is 5. The molecule has 0 atom stereocenters. The predicted molar refractivity (Wildman–Crippen MR) is 130 cm³/mol. The molecule has 1 N–H and O–H groups in total. The number of rotatable bonds is 11. The number of para-hydroxylation sites is 1. The number of nitrogens with one attached hydrogen (secondary N) is 1. The summed E-state index contributed by atoms with van der Waals surface area (Å²) in [5, 5.41) is 3.08. The van der Waals surface area contributed by atoms with Crippen LogP contribution in [0.5, 0.6) is 0 Å². The number of carbonyl (C=O) groups excluding carboxylic acids is 2. The molecule has 0 aliphatic heterocycles. The van der Waals surface area contributed by atoms with Gasteiger partial charge >= 0.3 is 5.97 Å². The Morgan fingerprint density at radius 1 is 0.939 bits per heavy atom. The van der Waals surface area contributed by atoms with Gasteiger partial charge in [-0.2, -0.15) is 0 Å². The van der Waals surface area contributed by atoms with E-state index in [1.165, 1.54) is 31.2 Å². The fraction of sp³-hybridized carbons (Fsp3) is 0.370. The first-order valence-electron chi connectivity index (χ1n) is 11.7. The highest BCUT2D eigenvalue weighted by Crippen LogP contribution is 2.23. The first-order chi connectivity index (χ1) is 16.0. The highest BCUT2D eigenvalue weighted by molar-refractivity contribution is 6.08. The van der Waals surface area contributed by atoms with Gasteiger partial charge in [0, 0.05) is 11.6 Å². The maximum atomic E-state index is 12.8. The van der Waals surface area contributed by atoms with Crippen molar-refractivity contribution in [1.82, 2.24) is 0 Å². The van der Waals surface area contributed by atoms with Crippen molar-refractivity contribution in [1.29, 1.82) is 0 Å². The third kappa shape index (κ3) is 6.54. The van der Waals surface area contributed by atoms with E-state index in [9.17, 15) is 14.4 Å². The molecular formula is C27H31NO5. The highest BCUT2D eigenvalue weighted by atomic mass is 16.5. The van der Waals surface area contributed by atoms with Crippen LogP contribution >= 0.6 is 0 Å². The van der Waals surface area contributed by atoms with Gasteiger partial charge in [-0.15, -0.1) is 0 Å². The second-order valence-corrected chi connectivity index (χ2v) is 8.11. The molecule has 2 aromatic carbocycles. The van der Waals surface area contributed by atoms with E-state index in [1.54, 1.807) is 30.3 Å². The van der Waals surface area contributed by atoms with Crippen LogP contribution < -0.4 is 10.7 Å². The number of hydrogen-bond donors (Lipinski definition) is 1. The molecule has 33 heavy (non-hydrogen) atoms. The maximum absolute atomic E-state index is 12.8. The lowest BCUT2D eigenvalue weighted by atomic mass is 10.0. The molecule has 3 rings (SSSR count). The summed E-state index contributed by atoms with van der Waals surface area (Å²) in [7, 11) is 0. The van der Waals surface area contributed by atoms with Gasteiger partial charge in [0.25, 0.3) is 5.91 Å². The third-order valence-corrected chi connectivity index (χ3v) is 5.43. The van der Waals surface area contributed by atoms with E-state index in [0.29, 0.717) is 17.7 Å². The van der Waals surface area contributed by atoms with Crippen LogP contribution in [0.25, 0.3) is 11.0 Å². The van der Waals surface area contributed by atoms with E-state index in [1.807, 2.05) is 19.1 Å². The van der Waals surface area contributed by atoms with Crippen LogP contribution in [-0.4, -0.2) is 18.5 Å². The number of ether oxygens (including phenoxy) is 1. The van der Waals surface area contributed by atoms with E-state index < -0.39 is 5.97 Å². The molecule has 1 heterocycles. The zero-order valence-electron chi connectivity index (χ0n) is 19.3. The number of fused-ring (bicyclic) bond motifs is 1. The van der Waals surface area contributed by atoms with Gasteiger partial charge < -0.3 is 14.5 Å². The smallest absolute Gasteiger partial charge is 0.374 e. The van der Waals surface area contributed by atoms with Crippen LogP contribution in [0.4, 0.5) is 5.69 Å². The molecule has 3 aromatic rings. The third-order valence-electron chi connectivity index (χ3n) is 5.43. The molecule has 0 aliphatic carbocycles. The summed E-state index contributed by atoms with van der Waals surface area (Å²) in [4.78, 5) is 37.5. The average Bonchev–Trinajstić information content (AvgIpc) is 2.83. The number of unbranched alkanes of at least 4 members (excludes halogenated alkanes) is 4. The zero-order valence-corrected chi connectivity index (χ0v) is 19.3. The molecule has 174 valence electrons. The van der Waals surface area contributed by atoms with Crippen molar-refractivity contribution < 1.29 is 18.7 Å². The van der Waals surface area contributed by atoms with Gasteiger partial charge in [-0.1, -0.05) is 57.7 Å². The van der Waals surface area contributed by atoms with Gasteiger partial charge in [-0.05, 0) is 49.1 Å². The van der Waals surface area contributed by atoms with Crippen molar-refractivity contribution in [3.8, 4) is 0 Å². The molecule has 0 aliphatic rings. The Hall–Kier alpha value is -3.41. The number of amides is 1. The molecule has 0 spiro atoms. The van der Waals surface area contributed by atoms with E-state index in [-0.39, 0.29) is 34.7 Å². The highest BCUT2D eigenvalue weighted by Gasteiger charge is 2.17. The van der Waals surface area contributed by atoms with Gasteiger partial charge in [0.1, 0.15) is 0 Å². The Bertz CT molecular complexity index is 1150. The lowest BCUT2D eigenvalue weighted by Gasteiger charge is -2.10. The minimum atomic E-state index is -0.706. The Morgan fingerprint density at radius 2 is 1.70 bits per heavy atom. The summed E-state index contributed by atoms with van der Waals surface area (Å²) in [6, 6.07) is 13.5. The van der Waals surface area contributed by atoms with Gasteiger partial charge in [0.15, 0.2) is 11.0 Å². The largest absolute Gasteiger partial charge is 0.460 e. The molecule has 0 unspecified atom stereocenters. The Balaban J connectivity index is 1.74. The zero-order chi connectivity index (χ0) is 23.6. The van der Waals surface area contributed by atoms with Crippen LogP contribution in [0.2, 0.25) is 0 Å². The summed E-state index contributed by atoms with van der Waals surface area (Å²) in [5.41, 5.74) is 1.79. The molecule has 0 saturated heterocycles. The fourth-order valence-corrected chi connectivity index (χ4v) is 3.59. The lowest BCUT2D eigenvalue weighted by Crippen LogP contribution is -2.14. The van der Waals surface area contributed by atoms with Crippen molar-refractivity contribution in [2.24, 2.45) is 0 Å². The second-order valence-electron chi connectivity index (χ2n) is 8.11. The van der Waals surface area contributed by atoms with Crippen LogP contribution in [0.3, 0.4) is 0 Å². The van der Waals surface area contributed by atoms with Gasteiger partial charge in [-0.3, -0.25) is 9.59 Å². The van der Waals surface area contributed by atoms with E-state index in [0.717, 1.165) is 18.9 Å². The van der Waals surface area contributed by atoms with Crippen LogP contribution in [0, 0.1) is 0 Å². The summed E-state index contributed by atoms with van der Waals surface area (Å²) in [5.74, 6) is -1.22. The summed E-state index contributed by atoms with van der Waals surface area (Å²) >= 11 is 0. The molecule has 0 saturated carbocycles. The molecule has 6 heteroatoms. The number of aryl methyl sites for hydroxylation is 1. The predicted octanol–water partition coefficient (Wildman–Crippen LogP) is 6.13. The second kappa shape index (κ2) is 12.0. The van der Waals surface area contributed by atoms with Crippen molar-refractivity contribution in [2.75, 3.05) is 11.9 Å². The van der Waals surface area contributed by atoms with Crippen molar-refractivity contribution >= 4 is 28.5 Å². The summed E-state index contributed by atoms with van der Waals surface area (Å²) < 4.78 is 10.7. The quantitative estimate of drug-likeness (QED) is 0.281. The monoisotopic (exact) mass is 449 g/mol. The Labute approximate surface area is 194 Å². The van der Waals surface area contributed by atoms with Crippen LogP contribution in [0.1, 0.15) is 78.8 Å². The Morgan fingerprint density at radius 3 is 2.42 bits per heavy atom. The maximum Gasteiger partial charge on any atom is 0.374 e.